The van der Waals surface area contributed by atoms with Gasteiger partial charge in [0.15, 0.2) is 0 Å². The largest absolute Gasteiger partial charge is 0.490 e. The van der Waals surface area contributed by atoms with E-state index in [9.17, 15) is 0 Å². The van der Waals surface area contributed by atoms with Crippen molar-refractivity contribution in [3.05, 3.63) is 73.1 Å². The minimum Gasteiger partial charge on any atom is -0.490 e. The lowest BCUT2D eigenvalue weighted by atomic mass is 9.86. The van der Waals surface area contributed by atoms with E-state index in [0.717, 1.165) is 17.6 Å². The van der Waals surface area contributed by atoms with E-state index in [0.29, 0.717) is 5.76 Å². The second-order valence-corrected chi connectivity index (χ2v) is 6.07. The molecular weight excluding hydrogens is 256 g/mol. The fraction of sp³-hybridized carbons (Fsp3) is 0.400. The lowest BCUT2D eigenvalue weighted by Crippen LogP contribution is -2.29. The van der Waals surface area contributed by atoms with E-state index in [1.54, 1.807) is 6.08 Å². The van der Waals surface area contributed by atoms with Crippen molar-refractivity contribution in [3.63, 3.8) is 0 Å². The van der Waals surface area contributed by atoms with Gasteiger partial charge in [0.2, 0.25) is 0 Å². The number of ether oxygens (including phenoxy) is 1. The highest BCUT2D eigenvalue weighted by molar-refractivity contribution is 5.49. The van der Waals surface area contributed by atoms with E-state index in [-0.39, 0.29) is 11.5 Å². The Labute approximate surface area is 131 Å². The first kappa shape index (κ1) is 19.2. The van der Waals surface area contributed by atoms with E-state index in [2.05, 4.69) is 52.7 Å². The fourth-order valence-corrected chi connectivity index (χ4v) is 1.81. The van der Waals surface area contributed by atoms with Gasteiger partial charge in [0.05, 0.1) is 0 Å². The predicted octanol–water partition coefficient (Wildman–Crippen LogP) is 6.14. The molecule has 0 spiro atoms. The van der Waals surface area contributed by atoms with Gasteiger partial charge in [-0.05, 0) is 24.8 Å². The van der Waals surface area contributed by atoms with Crippen LogP contribution < -0.4 is 0 Å². The van der Waals surface area contributed by atoms with Crippen molar-refractivity contribution in [1.82, 2.24) is 0 Å². The average molecular weight is 286 g/mol. The third kappa shape index (κ3) is 6.99. The first-order valence-corrected chi connectivity index (χ1v) is 7.39. The van der Waals surface area contributed by atoms with Crippen LogP contribution in [0.15, 0.2) is 73.1 Å². The van der Waals surface area contributed by atoms with Crippen LogP contribution in [-0.2, 0) is 4.74 Å². The Bertz CT molecular complexity index is 453. The van der Waals surface area contributed by atoms with Crippen molar-refractivity contribution in [1.29, 1.82) is 0 Å². The summed E-state index contributed by atoms with van der Waals surface area (Å²) in [6.45, 7) is 21.9. The quantitative estimate of drug-likeness (QED) is 0.526. The minimum atomic E-state index is 0.0949. The van der Waals surface area contributed by atoms with E-state index in [4.69, 9.17) is 4.74 Å². The SMILES string of the molecule is C=C1/C=C\CC(C(C)(C)C)OC(=C)/C1=C\C=C/C.C=CC. The molecule has 1 heteroatoms. The second-order valence-electron chi connectivity index (χ2n) is 6.07. The van der Waals surface area contributed by atoms with Gasteiger partial charge in [0.25, 0.3) is 0 Å². The molecule has 1 rings (SSSR count). The molecular formula is C20H30O. The van der Waals surface area contributed by atoms with Gasteiger partial charge in [-0.1, -0.05) is 70.4 Å². The van der Waals surface area contributed by atoms with E-state index in [1.165, 1.54) is 0 Å². The summed E-state index contributed by atoms with van der Waals surface area (Å²) in [7, 11) is 0. The highest BCUT2D eigenvalue weighted by atomic mass is 16.5. The van der Waals surface area contributed by atoms with Crippen LogP contribution in [0.4, 0.5) is 0 Å². The van der Waals surface area contributed by atoms with Gasteiger partial charge < -0.3 is 4.74 Å². The van der Waals surface area contributed by atoms with Crippen LogP contribution in [0, 0.1) is 5.41 Å². The zero-order valence-electron chi connectivity index (χ0n) is 14.3. The average Bonchev–Trinajstić information content (AvgIpc) is 2.36. The first-order valence-electron chi connectivity index (χ1n) is 7.39. The summed E-state index contributed by atoms with van der Waals surface area (Å²) < 4.78 is 6.03. The summed E-state index contributed by atoms with van der Waals surface area (Å²) in [5, 5.41) is 0. The molecule has 0 radical (unpaired) electrons. The molecule has 0 saturated heterocycles. The Balaban J connectivity index is 0.00000122. The maximum Gasteiger partial charge on any atom is 0.120 e. The fourth-order valence-electron chi connectivity index (χ4n) is 1.81. The zero-order valence-corrected chi connectivity index (χ0v) is 14.3. The first-order chi connectivity index (χ1) is 9.77. The molecule has 1 aliphatic heterocycles. The maximum atomic E-state index is 6.03. The van der Waals surface area contributed by atoms with Gasteiger partial charge in [0, 0.05) is 12.0 Å². The van der Waals surface area contributed by atoms with Crippen LogP contribution in [-0.4, -0.2) is 6.10 Å². The van der Waals surface area contributed by atoms with Gasteiger partial charge in [-0.2, -0.15) is 0 Å². The van der Waals surface area contributed by atoms with Crippen molar-refractivity contribution in [2.75, 3.05) is 0 Å². The Hall–Kier alpha value is -1.76. The molecule has 0 aromatic carbocycles. The van der Waals surface area contributed by atoms with Crippen molar-refractivity contribution >= 4 is 0 Å². The molecule has 0 aromatic rings. The van der Waals surface area contributed by atoms with Gasteiger partial charge in [0.1, 0.15) is 11.9 Å². The van der Waals surface area contributed by atoms with Crippen LogP contribution in [0.1, 0.15) is 41.0 Å². The van der Waals surface area contributed by atoms with E-state index in [1.807, 2.05) is 32.1 Å². The molecule has 1 aliphatic rings. The van der Waals surface area contributed by atoms with Crippen molar-refractivity contribution < 1.29 is 4.74 Å². The predicted molar refractivity (Wildman–Crippen MR) is 95.1 cm³/mol. The lowest BCUT2D eigenvalue weighted by molar-refractivity contribution is 0.0339. The molecule has 0 N–H and O–H groups in total. The van der Waals surface area contributed by atoms with Crippen LogP contribution in [0.5, 0.6) is 0 Å². The van der Waals surface area contributed by atoms with Crippen LogP contribution >= 0.6 is 0 Å². The lowest BCUT2D eigenvalue weighted by Gasteiger charge is -2.33. The normalized spacial score (nSPS) is 22.9. The second kappa shape index (κ2) is 9.23. The van der Waals surface area contributed by atoms with Gasteiger partial charge in [-0.15, -0.1) is 6.58 Å². The summed E-state index contributed by atoms with van der Waals surface area (Å²) in [6.07, 6.45) is 12.9. The number of allylic oxidation sites excluding steroid dienone is 6. The maximum absolute atomic E-state index is 6.03. The zero-order chi connectivity index (χ0) is 16.5. The Morgan fingerprint density at radius 1 is 1.24 bits per heavy atom. The minimum absolute atomic E-state index is 0.0949. The molecule has 1 nitrogen and oxygen atoms in total. The summed E-state index contributed by atoms with van der Waals surface area (Å²) in [6, 6.07) is 0. The Morgan fingerprint density at radius 2 is 1.81 bits per heavy atom. The smallest absolute Gasteiger partial charge is 0.120 e. The molecule has 0 bridgehead atoms. The van der Waals surface area contributed by atoms with Crippen molar-refractivity contribution in [3.8, 4) is 0 Å². The highest BCUT2D eigenvalue weighted by Gasteiger charge is 2.27. The van der Waals surface area contributed by atoms with Crippen LogP contribution in [0.25, 0.3) is 0 Å². The van der Waals surface area contributed by atoms with E-state index < -0.39 is 0 Å². The molecule has 21 heavy (non-hydrogen) atoms. The standard InChI is InChI=1S/C17H24O.C3H6/c1-7-8-11-15-13(2)10-9-12-16(17(4,5)6)18-14(15)3;1-3-2/h7-11,16H,2-3,12H2,1,4-6H3;3H,1H2,2H3/b8-7-,10-9-,15-11-;. The third-order valence-electron chi connectivity index (χ3n) is 3.02. The Kier molecular flexibility index (Phi) is 8.45. The highest BCUT2D eigenvalue weighted by Crippen LogP contribution is 2.32. The van der Waals surface area contributed by atoms with Gasteiger partial charge in [-0.3, -0.25) is 0 Å². The molecule has 0 aromatic heterocycles. The number of hydrogen-bond donors (Lipinski definition) is 0. The molecule has 1 unspecified atom stereocenters. The van der Waals surface area contributed by atoms with Crippen molar-refractivity contribution in [2.24, 2.45) is 5.41 Å². The monoisotopic (exact) mass is 286 g/mol. The molecule has 0 fully saturated rings. The van der Waals surface area contributed by atoms with Crippen LogP contribution in [0.2, 0.25) is 0 Å². The summed E-state index contributed by atoms with van der Waals surface area (Å²) in [5.74, 6) is 0.711. The van der Waals surface area contributed by atoms with Gasteiger partial charge in [-0.25, -0.2) is 0 Å². The topological polar surface area (TPSA) is 9.23 Å². The van der Waals surface area contributed by atoms with Gasteiger partial charge >= 0.3 is 0 Å². The molecule has 0 saturated carbocycles. The molecule has 0 amide bonds. The summed E-state index contributed by atoms with van der Waals surface area (Å²) in [4.78, 5) is 0. The molecule has 0 aliphatic carbocycles. The molecule has 116 valence electrons. The summed E-state index contributed by atoms with van der Waals surface area (Å²) in [5.41, 5.74) is 2.02. The number of rotatable bonds is 1. The van der Waals surface area contributed by atoms with Crippen molar-refractivity contribution in [2.45, 2.75) is 47.1 Å². The summed E-state index contributed by atoms with van der Waals surface area (Å²) >= 11 is 0. The molecule has 1 atom stereocenters. The third-order valence-corrected chi connectivity index (χ3v) is 3.02. The number of hydrogen-bond acceptors (Lipinski definition) is 1. The Morgan fingerprint density at radius 3 is 2.29 bits per heavy atom. The van der Waals surface area contributed by atoms with Crippen LogP contribution in [0.3, 0.4) is 0 Å². The van der Waals surface area contributed by atoms with E-state index >= 15 is 0 Å². The molecule has 1 heterocycles.